The molecule has 1 aliphatic rings. The highest BCUT2D eigenvalue weighted by Gasteiger charge is 2.26. The second-order valence-electron chi connectivity index (χ2n) is 7.47. The first-order valence-electron chi connectivity index (χ1n) is 9.75. The molecule has 0 aliphatic carbocycles. The Morgan fingerprint density at radius 2 is 1.52 bits per heavy atom. The quantitative estimate of drug-likeness (QED) is 0.793. The van der Waals surface area contributed by atoms with E-state index in [1.165, 1.54) is 6.42 Å². The van der Waals surface area contributed by atoms with Gasteiger partial charge in [-0.2, -0.15) is 0 Å². The summed E-state index contributed by atoms with van der Waals surface area (Å²) in [7, 11) is 0. The molecule has 2 aromatic rings. The Labute approximate surface area is 161 Å². The van der Waals surface area contributed by atoms with Gasteiger partial charge in [-0.25, -0.2) is 0 Å². The molecular formula is C23H28N2O2. The summed E-state index contributed by atoms with van der Waals surface area (Å²) in [5.41, 5.74) is 2.34. The molecule has 0 aromatic heterocycles. The third kappa shape index (κ3) is 5.04. The molecule has 4 nitrogen and oxygen atoms in total. The van der Waals surface area contributed by atoms with E-state index in [1.807, 2.05) is 54.6 Å². The minimum atomic E-state index is 0.0132. The van der Waals surface area contributed by atoms with Crippen molar-refractivity contribution in [1.82, 2.24) is 10.2 Å². The summed E-state index contributed by atoms with van der Waals surface area (Å²) in [4.78, 5) is 27.1. The molecule has 1 amide bonds. The van der Waals surface area contributed by atoms with E-state index in [2.05, 4.69) is 24.1 Å². The highest BCUT2D eigenvalue weighted by Crippen LogP contribution is 2.21. The van der Waals surface area contributed by atoms with Gasteiger partial charge in [0.15, 0.2) is 5.78 Å². The van der Waals surface area contributed by atoms with Crippen LogP contribution in [0.25, 0.3) is 0 Å². The van der Waals surface area contributed by atoms with E-state index >= 15 is 0 Å². The monoisotopic (exact) mass is 364 g/mol. The minimum absolute atomic E-state index is 0.0132. The Balaban J connectivity index is 1.52. The van der Waals surface area contributed by atoms with Crippen LogP contribution in [0.4, 0.5) is 0 Å². The standard InChI is InChI=1S/C23H28N2O2/c1-17-7-6-8-18(2)25(17)16-22(26)24-15-19-11-13-21(14-12-19)23(27)20-9-4-3-5-10-20/h3-5,9-14,17-18H,6-8,15-16H2,1-2H3,(H,24,26). The zero-order valence-electron chi connectivity index (χ0n) is 16.2. The molecule has 1 fully saturated rings. The van der Waals surface area contributed by atoms with E-state index in [-0.39, 0.29) is 11.7 Å². The third-order valence-corrected chi connectivity index (χ3v) is 5.44. The van der Waals surface area contributed by atoms with E-state index in [9.17, 15) is 9.59 Å². The van der Waals surface area contributed by atoms with Crippen LogP contribution >= 0.6 is 0 Å². The molecule has 1 N–H and O–H groups in total. The number of benzene rings is 2. The highest BCUT2D eigenvalue weighted by molar-refractivity contribution is 6.08. The van der Waals surface area contributed by atoms with Crippen molar-refractivity contribution in [2.45, 2.75) is 51.7 Å². The first-order valence-corrected chi connectivity index (χ1v) is 9.75. The van der Waals surface area contributed by atoms with E-state index < -0.39 is 0 Å². The maximum Gasteiger partial charge on any atom is 0.234 e. The lowest BCUT2D eigenvalue weighted by atomic mass is 9.97. The molecule has 1 aliphatic heterocycles. The van der Waals surface area contributed by atoms with Gasteiger partial charge in [-0.05, 0) is 32.3 Å². The molecule has 3 rings (SSSR count). The van der Waals surface area contributed by atoms with Crippen LogP contribution in [-0.4, -0.2) is 35.2 Å². The first-order chi connectivity index (χ1) is 13.0. The van der Waals surface area contributed by atoms with Crippen molar-refractivity contribution in [2.75, 3.05) is 6.54 Å². The number of carbonyl (C=O) groups is 2. The summed E-state index contributed by atoms with van der Waals surface area (Å²) in [6, 6.07) is 17.6. The number of piperidine rings is 1. The molecule has 0 radical (unpaired) electrons. The lowest BCUT2D eigenvalue weighted by molar-refractivity contribution is -0.124. The Bertz CT molecular complexity index is 761. The van der Waals surface area contributed by atoms with Gasteiger partial charge < -0.3 is 5.32 Å². The van der Waals surface area contributed by atoms with Gasteiger partial charge in [0.2, 0.25) is 5.91 Å². The summed E-state index contributed by atoms with van der Waals surface area (Å²) in [5, 5.41) is 3.00. The molecule has 2 aromatic carbocycles. The molecule has 27 heavy (non-hydrogen) atoms. The topological polar surface area (TPSA) is 49.4 Å². The Kier molecular flexibility index (Phi) is 6.40. The molecule has 1 saturated heterocycles. The molecular weight excluding hydrogens is 336 g/mol. The van der Waals surface area contributed by atoms with Gasteiger partial charge in [0.05, 0.1) is 6.54 Å². The van der Waals surface area contributed by atoms with Gasteiger partial charge in [0.25, 0.3) is 0 Å². The Hall–Kier alpha value is -2.46. The summed E-state index contributed by atoms with van der Waals surface area (Å²) in [6.45, 7) is 5.33. The molecule has 2 unspecified atom stereocenters. The van der Waals surface area contributed by atoms with Crippen molar-refractivity contribution in [3.8, 4) is 0 Å². The highest BCUT2D eigenvalue weighted by atomic mass is 16.2. The van der Waals surface area contributed by atoms with Crippen LogP contribution in [0.2, 0.25) is 0 Å². The van der Waals surface area contributed by atoms with E-state index in [4.69, 9.17) is 0 Å². The van der Waals surface area contributed by atoms with Gasteiger partial charge in [0.1, 0.15) is 0 Å². The summed E-state index contributed by atoms with van der Waals surface area (Å²) in [6.07, 6.45) is 3.57. The van der Waals surface area contributed by atoms with E-state index in [0.717, 1.165) is 18.4 Å². The fourth-order valence-corrected chi connectivity index (χ4v) is 3.74. The van der Waals surface area contributed by atoms with Crippen molar-refractivity contribution < 1.29 is 9.59 Å². The van der Waals surface area contributed by atoms with E-state index in [1.54, 1.807) is 0 Å². The fourth-order valence-electron chi connectivity index (χ4n) is 3.74. The summed E-state index contributed by atoms with van der Waals surface area (Å²) in [5.74, 6) is 0.0688. The van der Waals surface area contributed by atoms with Crippen LogP contribution in [0.15, 0.2) is 54.6 Å². The van der Waals surface area contributed by atoms with Crippen LogP contribution in [-0.2, 0) is 11.3 Å². The van der Waals surface area contributed by atoms with Crippen LogP contribution < -0.4 is 5.32 Å². The average molecular weight is 364 g/mol. The minimum Gasteiger partial charge on any atom is -0.351 e. The largest absolute Gasteiger partial charge is 0.351 e. The molecule has 4 heteroatoms. The maximum absolute atomic E-state index is 12.4. The molecule has 0 bridgehead atoms. The number of rotatable bonds is 6. The van der Waals surface area contributed by atoms with Gasteiger partial charge in [-0.15, -0.1) is 0 Å². The second-order valence-corrected chi connectivity index (χ2v) is 7.47. The normalized spacial score (nSPS) is 20.2. The molecule has 2 atom stereocenters. The molecule has 142 valence electrons. The van der Waals surface area contributed by atoms with Crippen molar-refractivity contribution in [1.29, 1.82) is 0 Å². The lowest BCUT2D eigenvalue weighted by Gasteiger charge is -2.38. The lowest BCUT2D eigenvalue weighted by Crippen LogP contribution is -2.48. The van der Waals surface area contributed by atoms with Crippen molar-refractivity contribution >= 4 is 11.7 Å². The smallest absolute Gasteiger partial charge is 0.234 e. The third-order valence-electron chi connectivity index (χ3n) is 5.44. The first kappa shape index (κ1) is 19.3. The van der Waals surface area contributed by atoms with Gasteiger partial charge in [0, 0.05) is 29.8 Å². The summed E-state index contributed by atoms with van der Waals surface area (Å²) < 4.78 is 0. The predicted octanol–water partition coefficient (Wildman–Crippen LogP) is 3.80. The average Bonchev–Trinajstić information content (AvgIpc) is 2.70. The van der Waals surface area contributed by atoms with Crippen molar-refractivity contribution in [3.63, 3.8) is 0 Å². The fraction of sp³-hybridized carbons (Fsp3) is 0.391. The Morgan fingerprint density at radius 1 is 0.926 bits per heavy atom. The molecule has 0 saturated carbocycles. The van der Waals surface area contributed by atoms with Crippen molar-refractivity contribution in [2.24, 2.45) is 0 Å². The molecule has 1 heterocycles. The zero-order chi connectivity index (χ0) is 19.2. The second kappa shape index (κ2) is 8.96. The molecule has 0 spiro atoms. The predicted molar refractivity (Wildman–Crippen MR) is 108 cm³/mol. The number of hydrogen-bond donors (Lipinski definition) is 1. The van der Waals surface area contributed by atoms with Crippen LogP contribution in [0.5, 0.6) is 0 Å². The van der Waals surface area contributed by atoms with Crippen molar-refractivity contribution in [3.05, 3.63) is 71.3 Å². The van der Waals surface area contributed by atoms with Crippen LogP contribution in [0, 0.1) is 0 Å². The number of amides is 1. The number of nitrogens with zero attached hydrogens (tertiary/aromatic N) is 1. The number of ketones is 1. The van der Waals surface area contributed by atoms with Crippen LogP contribution in [0.3, 0.4) is 0 Å². The number of hydrogen-bond acceptors (Lipinski definition) is 3. The van der Waals surface area contributed by atoms with Crippen LogP contribution in [0.1, 0.15) is 54.6 Å². The van der Waals surface area contributed by atoms with Gasteiger partial charge >= 0.3 is 0 Å². The maximum atomic E-state index is 12.4. The Morgan fingerprint density at radius 3 is 2.15 bits per heavy atom. The van der Waals surface area contributed by atoms with E-state index in [0.29, 0.717) is 36.3 Å². The number of nitrogens with one attached hydrogen (secondary N) is 1. The van der Waals surface area contributed by atoms with Gasteiger partial charge in [-0.3, -0.25) is 14.5 Å². The summed E-state index contributed by atoms with van der Waals surface area (Å²) >= 11 is 0. The zero-order valence-corrected chi connectivity index (χ0v) is 16.2. The number of carbonyl (C=O) groups excluding carboxylic acids is 2. The van der Waals surface area contributed by atoms with Gasteiger partial charge in [-0.1, -0.05) is 61.0 Å². The SMILES string of the molecule is CC1CCCC(C)N1CC(=O)NCc1ccc(C(=O)c2ccccc2)cc1. The number of likely N-dealkylation sites (tertiary alicyclic amines) is 1.